The third-order valence-electron chi connectivity index (χ3n) is 3.61. The largest absolute Gasteiger partial charge is 0.305 e. The monoisotopic (exact) mass is 388 g/mol. The number of benzene rings is 1. The summed E-state index contributed by atoms with van der Waals surface area (Å²) in [6, 6.07) is 12.4. The number of halogens is 1. The fourth-order valence-corrected chi connectivity index (χ4v) is 3.67. The quantitative estimate of drug-likeness (QED) is 0.584. The molecule has 23 heavy (non-hydrogen) atoms. The van der Waals surface area contributed by atoms with Crippen molar-refractivity contribution in [3.05, 3.63) is 58.8 Å². The zero-order chi connectivity index (χ0) is 16.2. The zero-order valence-electron chi connectivity index (χ0n) is 13.0. The number of aromatic nitrogens is 4. The van der Waals surface area contributed by atoms with Crippen LogP contribution in [0.4, 0.5) is 0 Å². The lowest BCUT2D eigenvalue weighted by molar-refractivity contribution is 0.782. The molecular formula is C17H17BrN4S. The van der Waals surface area contributed by atoms with Crippen LogP contribution >= 0.6 is 27.7 Å². The van der Waals surface area contributed by atoms with Gasteiger partial charge < -0.3 is 4.57 Å². The number of nitrogens with zero attached hydrogens (tertiary/aromatic N) is 4. The van der Waals surface area contributed by atoms with Crippen LogP contribution in [0.5, 0.6) is 0 Å². The maximum Gasteiger partial charge on any atom is 0.191 e. The number of hydrogen-bond donors (Lipinski definition) is 0. The number of rotatable bonds is 5. The molecule has 0 bridgehead atoms. The summed E-state index contributed by atoms with van der Waals surface area (Å²) in [5.41, 5.74) is 2.28. The summed E-state index contributed by atoms with van der Waals surface area (Å²) < 4.78 is 3.13. The maximum atomic E-state index is 4.36. The molecule has 118 valence electrons. The van der Waals surface area contributed by atoms with Gasteiger partial charge in [-0.2, -0.15) is 0 Å². The van der Waals surface area contributed by atoms with E-state index in [4.69, 9.17) is 0 Å². The van der Waals surface area contributed by atoms with Gasteiger partial charge in [0.05, 0.1) is 0 Å². The van der Waals surface area contributed by atoms with Crippen LogP contribution in [0.3, 0.4) is 0 Å². The highest BCUT2D eigenvalue weighted by molar-refractivity contribution is 9.10. The summed E-state index contributed by atoms with van der Waals surface area (Å²) in [6.45, 7) is 2.19. The van der Waals surface area contributed by atoms with Gasteiger partial charge in [0.25, 0.3) is 0 Å². The number of hydrogen-bond acceptors (Lipinski definition) is 4. The molecule has 3 rings (SSSR count). The van der Waals surface area contributed by atoms with Crippen LogP contribution in [0.15, 0.2) is 58.4 Å². The van der Waals surface area contributed by atoms with Crippen molar-refractivity contribution in [1.82, 2.24) is 19.7 Å². The Kier molecular flexibility index (Phi) is 5.13. The average molecular weight is 389 g/mol. The van der Waals surface area contributed by atoms with Crippen LogP contribution in [0.1, 0.15) is 24.2 Å². The molecule has 0 radical (unpaired) electrons. The Labute approximate surface area is 148 Å². The second kappa shape index (κ2) is 7.27. The molecule has 1 aromatic carbocycles. The second-order valence-electron chi connectivity index (χ2n) is 5.17. The van der Waals surface area contributed by atoms with E-state index < -0.39 is 0 Å². The Morgan fingerprint density at radius 1 is 1.17 bits per heavy atom. The highest BCUT2D eigenvalue weighted by Gasteiger charge is 2.17. The summed E-state index contributed by atoms with van der Waals surface area (Å²) in [5.74, 6) is 0.839. The van der Waals surface area contributed by atoms with Crippen molar-refractivity contribution in [2.75, 3.05) is 0 Å². The first-order valence-electron chi connectivity index (χ1n) is 7.41. The SMILES string of the molecule is CC[C@@H](Sc1nnc(-c2cccnc2)n1C)c1ccc(Br)cc1. The lowest BCUT2D eigenvalue weighted by Crippen LogP contribution is -1.98. The fourth-order valence-electron chi connectivity index (χ4n) is 2.36. The van der Waals surface area contributed by atoms with Crippen LogP contribution in [0.25, 0.3) is 11.4 Å². The molecule has 2 aromatic heterocycles. The third kappa shape index (κ3) is 3.64. The molecule has 0 N–H and O–H groups in total. The van der Waals surface area contributed by atoms with Gasteiger partial charge in [-0.15, -0.1) is 10.2 Å². The molecule has 0 aliphatic carbocycles. The molecule has 6 heteroatoms. The molecule has 2 heterocycles. The van der Waals surface area contributed by atoms with Crippen molar-refractivity contribution >= 4 is 27.7 Å². The Balaban J connectivity index is 1.85. The van der Waals surface area contributed by atoms with Gasteiger partial charge in [-0.3, -0.25) is 4.98 Å². The van der Waals surface area contributed by atoms with E-state index in [1.807, 2.05) is 29.9 Å². The maximum absolute atomic E-state index is 4.36. The van der Waals surface area contributed by atoms with Crippen LogP contribution in [0, 0.1) is 0 Å². The van der Waals surface area contributed by atoms with E-state index in [-0.39, 0.29) is 0 Å². The van der Waals surface area contributed by atoms with Gasteiger partial charge in [0.1, 0.15) is 0 Å². The molecular weight excluding hydrogens is 372 g/mol. The van der Waals surface area contributed by atoms with Crippen LogP contribution in [-0.4, -0.2) is 19.7 Å². The Morgan fingerprint density at radius 2 is 1.96 bits per heavy atom. The van der Waals surface area contributed by atoms with Gasteiger partial charge in [0.15, 0.2) is 11.0 Å². The van der Waals surface area contributed by atoms with Crippen molar-refractivity contribution in [3.63, 3.8) is 0 Å². The van der Waals surface area contributed by atoms with E-state index in [0.29, 0.717) is 5.25 Å². The highest BCUT2D eigenvalue weighted by atomic mass is 79.9. The van der Waals surface area contributed by atoms with Crippen molar-refractivity contribution in [1.29, 1.82) is 0 Å². The van der Waals surface area contributed by atoms with E-state index in [1.165, 1.54) is 5.56 Å². The average Bonchev–Trinajstić information content (AvgIpc) is 2.95. The topological polar surface area (TPSA) is 43.6 Å². The molecule has 0 saturated carbocycles. The number of thioether (sulfide) groups is 1. The van der Waals surface area contributed by atoms with E-state index in [0.717, 1.165) is 27.4 Å². The Bertz CT molecular complexity index is 771. The second-order valence-corrected chi connectivity index (χ2v) is 7.26. The van der Waals surface area contributed by atoms with Crippen molar-refractivity contribution < 1.29 is 0 Å². The van der Waals surface area contributed by atoms with Crippen LogP contribution in [-0.2, 0) is 7.05 Å². The fraction of sp³-hybridized carbons (Fsp3) is 0.235. The molecule has 0 spiro atoms. The minimum absolute atomic E-state index is 0.354. The van der Waals surface area contributed by atoms with E-state index in [2.05, 4.69) is 62.3 Å². The van der Waals surface area contributed by atoms with Gasteiger partial charge in [0.2, 0.25) is 0 Å². The summed E-state index contributed by atoms with van der Waals surface area (Å²) in [5, 5.41) is 9.96. The van der Waals surface area contributed by atoms with Gasteiger partial charge in [0, 0.05) is 34.7 Å². The Hall–Kier alpha value is -1.66. The molecule has 0 unspecified atom stereocenters. The first-order chi connectivity index (χ1) is 11.2. The van der Waals surface area contributed by atoms with Crippen LogP contribution < -0.4 is 0 Å². The van der Waals surface area contributed by atoms with E-state index >= 15 is 0 Å². The van der Waals surface area contributed by atoms with Crippen molar-refractivity contribution in [2.45, 2.75) is 23.8 Å². The number of pyridine rings is 1. The van der Waals surface area contributed by atoms with Gasteiger partial charge in [-0.05, 0) is 36.2 Å². The molecule has 0 aliphatic rings. The summed E-state index contributed by atoms with van der Waals surface area (Å²) in [7, 11) is 2.00. The van der Waals surface area contributed by atoms with Gasteiger partial charge in [-0.25, -0.2) is 0 Å². The predicted octanol–water partition coefficient (Wildman–Crippen LogP) is 4.88. The van der Waals surface area contributed by atoms with E-state index in [9.17, 15) is 0 Å². The normalized spacial score (nSPS) is 12.3. The first-order valence-corrected chi connectivity index (χ1v) is 9.08. The van der Waals surface area contributed by atoms with E-state index in [1.54, 1.807) is 18.0 Å². The standard InChI is InChI=1S/C17H17BrN4S/c1-3-15(12-6-8-14(18)9-7-12)23-17-21-20-16(22(17)2)13-5-4-10-19-11-13/h4-11,15H,3H2,1-2H3/t15-/m1/s1. The highest BCUT2D eigenvalue weighted by Crippen LogP contribution is 2.37. The van der Waals surface area contributed by atoms with Crippen molar-refractivity contribution in [2.24, 2.45) is 7.05 Å². The van der Waals surface area contributed by atoms with Crippen LogP contribution in [0.2, 0.25) is 0 Å². The zero-order valence-corrected chi connectivity index (χ0v) is 15.4. The first kappa shape index (κ1) is 16.2. The molecule has 0 fully saturated rings. The third-order valence-corrected chi connectivity index (χ3v) is 5.60. The predicted molar refractivity (Wildman–Crippen MR) is 97.3 cm³/mol. The van der Waals surface area contributed by atoms with Gasteiger partial charge >= 0.3 is 0 Å². The summed E-state index contributed by atoms with van der Waals surface area (Å²) >= 11 is 5.23. The molecule has 0 amide bonds. The lowest BCUT2D eigenvalue weighted by Gasteiger charge is -2.14. The minimum atomic E-state index is 0.354. The molecule has 3 aromatic rings. The lowest BCUT2D eigenvalue weighted by atomic mass is 10.1. The molecule has 0 saturated heterocycles. The molecule has 4 nitrogen and oxygen atoms in total. The Morgan fingerprint density at radius 3 is 2.61 bits per heavy atom. The van der Waals surface area contributed by atoms with Gasteiger partial charge in [-0.1, -0.05) is 46.7 Å². The minimum Gasteiger partial charge on any atom is -0.305 e. The summed E-state index contributed by atoms with van der Waals surface area (Å²) in [4.78, 5) is 4.15. The smallest absolute Gasteiger partial charge is 0.191 e. The van der Waals surface area contributed by atoms with Crippen molar-refractivity contribution in [3.8, 4) is 11.4 Å². The summed E-state index contributed by atoms with van der Waals surface area (Å²) in [6.07, 6.45) is 4.60. The molecule has 0 aliphatic heterocycles. The molecule has 1 atom stereocenters.